The van der Waals surface area contributed by atoms with Crippen molar-refractivity contribution in [3.05, 3.63) is 64.7 Å². The largest absolute Gasteiger partial charge is 0.366 e. The molecule has 0 saturated carbocycles. The van der Waals surface area contributed by atoms with Gasteiger partial charge in [-0.15, -0.1) is 0 Å². The Balaban J connectivity index is 1.99. The number of hydrogen-bond acceptors (Lipinski definition) is 3. The molecule has 0 radical (unpaired) electrons. The number of aryl methyl sites for hydroxylation is 2. The first-order valence-corrected chi connectivity index (χ1v) is 8.32. The van der Waals surface area contributed by atoms with E-state index < -0.39 is 5.91 Å². The van der Waals surface area contributed by atoms with Gasteiger partial charge in [-0.25, -0.2) is 0 Å². The molecular weight excluding hydrogens is 314 g/mol. The molecular formula is C20H25N3O2. The SMILES string of the molecule is Cc1ccc(C)c([C@H](C)N[C@@H](C)C(=O)Nc2ccc(C(N)=O)cc2)c1. The maximum absolute atomic E-state index is 12.4. The van der Waals surface area contributed by atoms with Crippen LogP contribution in [0.3, 0.4) is 0 Å². The summed E-state index contributed by atoms with van der Waals surface area (Å²) >= 11 is 0. The van der Waals surface area contributed by atoms with Crippen molar-refractivity contribution in [1.29, 1.82) is 0 Å². The number of amides is 2. The van der Waals surface area contributed by atoms with Crippen LogP contribution in [0.1, 0.15) is 46.9 Å². The van der Waals surface area contributed by atoms with Gasteiger partial charge in [0.1, 0.15) is 0 Å². The van der Waals surface area contributed by atoms with Crippen molar-refractivity contribution in [1.82, 2.24) is 5.32 Å². The van der Waals surface area contributed by atoms with Gasteiger partial charge in [0.15, 0.2) is 0 Å². The molecule has 0 aliphatic rings. The van der Waals surface area contributed by atoms with Crippen molar-refractivity contribution >= 4 is 17.5 Å². The lowest BCUT2D eigenvalue weighted by Gasteiger charge is -2.22. The van der Waals surface area contributed by atoms with Crippen LogP contribution in [0.5, 0.6) is 0 Å². The number of nitrogens with one attached hydrogen (secondary N) is 2. The second kappa shape index (κ2) is 7.94. The van der Waals surface area contributed by atoms with E-state index in [2.05, 4.69) is 42.7 Å². The number of carbonyl (C=O) groups is 2. The van der Waals surface area contributed by atoms with Crippen molar-refractivity contribution in [2.45, 2.75) is 39.8 Å². The Morgan fingerprint density at radius 2 is 1.64 bits per heavy atom. The fourth-order valence-electron chi connectivity index (χ4n) is 2.74. The molecule has 0 saturated heterocycles. The normalized spacial score (nSPS) is 13.1. The maximum atomic E-state index is 12.4. The van der Waals surface area contributed by atoms with Gasteiger partial charge in [-0.1, -0.05) is 23.8 Å². The lowest BCUT2D eigenvalue weighted by atomic mass is 9.99. The van der Waals surface area contributed by atoms with Crippen LogP contribution in [0.4, 0.5) is 5.69 Å². The highest BCUT2D eigenvalue weighted by molar-refractivity contribution is 5.96. The summed E-state index contributed by atoms with van der Waals surface area (Å²) in [5, 5.41) is 6.16. The van der Waals surface area contributed by atoms with E-state index in [1.54, 1.807) is 24.3 Å². The third kappa shape index (κ3) is 4.90. The quantitative estimate of drug-likeness (QED) is 0.756. The summed E-state index contributed by atoms with van der Waals surface area (Å²) in [5.74, 6) is -0.626. The number of hydrogen-bond donors (Lipinski definition) is 3. The molecule has 2 atom stereocenters. The number of benzene rings is 2. The van der Waals surface area contributed by atoms with Gasteiger partial charge >= 0.3 is 0 Å². The average Bonchev–Trinajstić information content (AvgIpc) is 2.57. The molecule has 0 fully saturated rings. The Morgan fingerprint density at radius 3 is 2.24 bits per heavy atom. The van der Waals surface area contributed by atoms with Gasteiger partial charge in [0.05, 0.1) is 6.04 Å². The molecule has 132 valence electrons. The zero-order valence-corrected chi connectivity index (χ0v) is 15.1. The molecule has 2 aromatic rings. The second-order valence-corrected chi connectivity index (χ2v) is 6.40. The summed E-state index contributed by atoms with van der Waals surface area (Å²) in [6.07, 6.45) is 0. The van der Waals surface area contributed by atoms with Crippen LogP contribution in [-0.4, -0.2) is 17.9 Å². The summed E-state index contributed by atoms with van der Waals surface area (Å²) < 4.78 is 0. The van der Waals surface area contributed by atoms with Gasteiger partial charge < -0.3 is 11.1 Å². The van der Waals surface area contributed by atoms with E-state index in [1.165, 1.54) is 16.7 Å². The summed E-state index contributed by atoms with van der Waals surface area (Å²) in [6, 6.07) is 12.5. The van der Waals surface area contributed by atoms with Crippen LogP contribution in [0.2, 0.25) is 0 Å². The molecule has 2 aromatic carbocycles. The third-order valence-electron chi connectivity index (χ3n) is 4.23. The Labute approximate surface area is 148 Å². The molecule has 0 aromatic heterocycles. The summed E-state index contributed by atoms with van der Waals surface area (Å²) in [7, 11) is 0. The number of nitrogens with two attached hydrogens (primary N) is 1. The molecule has 5 heteroatoms. The first-order valence-electron chi connectivity index (χ1n) is 8.32. The van der Waals surface area contributed by atoms with Crippen LogP contribution in [0.15, 0.2) is 42.5 Å². The highest BCUT2D eigenvalue weighted by atomic mass is 16.2. The van der Waals surface area contributed by atoms with E-state index in [9.17, 15) is 9.59 Å². The van der Waals surface area contributed by atoms with Crippen LogP contribution in [0.25, 0.3) is 0 Å². The topological polar surface area (TPSA) is 84.2 Å². The fourth-order valence-corrected chi connectivity index (χ4v) is 2.74. The van der Waals surface area contributed by atoms with Gasteiger partial charge in [0.2, 0.25) is 11.8 Å². The van der Waals surface area contributed by atoms with Crippen LogP contribution >= 0.6 is 0 Å². The van der Waals surface area contributed by atoms with E-state index in [0.29, 0.717) is 11.3 Å². The lowest BCUT2D eigenvalue weighted by molar-refractivity contribution is -0.117. The molecule has 0 heterocycles. The van der Waals surface area contributed by atoms with Crippen molar-refractivity contribution in [2.75, 3.05) is 5.32 Å². The zero-order valence-electron chi connectivity index (χ0n) is 15.1. The molecule has 5 nitrogen and oxygen atoms in total. The highest BCUT2D eigenvalue weighted by Gasteiger charge is 2.17. The molecule has 0 unspecified atom stereocenters. The van der Waals surface area contributed by atoms with E-state index in [4.69, 9.17) is 5.73 Å². The van der Waals surface area contributed by atoms with Crippen molar-refractivity contribution in [2.24, 2.45) is 5.73 Å². The zero-order chi connectivity index (χ0) is 18.6. The second-order valence-electron chi connectivity index (χ2n) is 6.40. The van der Waals surface area contributed by atoms with E-state index in [1.807, 2.05) is 13.8 Å². The van der Waals surface area contributed by atoms with Gasteiger partial charge in [-0.3, -0.25) is 14.9 Å². The monoisotopic (exact) mass is 339 g/mol. The molecule has 2 rings (SSSR count). The molecule has 0 spiro atoms. The van der Waals surface area contributed by atoms with Gasteiger partial charge in [-0.2, -0.15) is 0 Å². The maximum Gasteiger partial charge on any atom is 0.248 e. The Hall–Kier alpha value is -2.66. The molecule has 0 bridgehead atoms. The standard InChI is InChI=1S/C20H25N3O2/c1-12-5-6-13(2)18(11-12)14(3)22-15(4)20(25)23-17-9-7-16(8-10-17)19(21)24/h5-11,14-15,22H,1-4H3,(H2,21,24)(H,23,25)/t14-,15-/m0/s1. The Kier molecular flexibility index (Phi) is 5.93. The fraction of sp³-hybridized carbons (Fsp3) is 0.300. The molecule has 25 heavy (non-hydrogen) atoms. The Bertz CT molecular complexity index is 769. The van der Waals surface area contributed by atoms with Gasteiger partial charge in [-0.05, 0) is 63.1 Å². The predicted molar refractivity (Wildman–Crippen MR) is 101 cm³/mol. The van der Waals surface area contributed by atoms with Gasteiger partial charge in [0, 0.05) is 17.3 Å². The summed E-state index contributed by atoms with van der Waals surface area (Å²) in [4.78, 5) is 23.5. The smallest absolute Gasteiger partial charge is 0.248 e. The minimum absolute atomic E-state index is 0.0536. The first-order chi connectivity index (χ1) is 11.8. The molecule has 0 aliphatic heterocycles. The number of primary amides is 1. The number of carbonyl (C=O) groups excluding carboxylic acids is 2. The molecule has 2 amide bonds. The molecule has 4 N–H and O–H groups in total. The van der Waals surface area contributed by atoms with Crippen molar-refractivity contribution in [3.8, 4) is 0 Å². The Morgan fingerprint density at radius 1 is 1.00 bits per heavy atom. The predicted octanol–water partition coefficient (Wildman–Crippen LogP) is 3.08. The average molecular weight is 339 g/mol. The van der Waals surface area contributed by atoms with Crippen LogP contribution in [0, 0.1) is 13.8 Å². The van der Waals surface area contributed by atoms with E-state index in [0.717, 1.165) is 0 Å². The lowest BCUT2D eigenvalue weighted by Crippen LogP contribution is -2.39. The number of anilines is 1. The third-order valence-corrected chi connectivity index (χ3v) is 4.23. The van der Waals surface area contributed by atoms with Crippen molar-refractivity contribution < 1.29 is 9.59 Å². The highest BCUT2D eigenvalue weighted by Crippen LogP contribution is 2.19. The van der Waals surface area contributed by atoms with Crippen molar-refractivity contribution in [3.63, 3.8) is 0 Å². The first kappa shape index (κ1) is 18.7. The summed E-state index contributed by atoms with van der Waals surface area (Å²) in [5.41, 5.74) is 9.82. The minimum atomic E-state index is -0.490. The molecule has 0 aliphatic carbocycles. The number of rotatable bonds is 6. The van der Waals surface area contributed by atoms with E-state index in [-0.39, 0.29) is 18.0 Å². The van der Waals surface area contributed by atoms with Crippen LogP contribution in [-0.2, 0) is 4.79 Å². The minimum Gasteiger partial charge on any atom is -0.366 e. The van der Waals surface area contributed by atoms with Crippen LogP contribution < -0.4 is 16.4 Å². The van der Waals surface area contributed by atoms with E-state index >= 15 is 0 Å². The summed E-state index contributed by atoms with van der Waals surface area (Å²) in [6.45, 7) is 8.00. The van der Waals surface area contributed by atoms with Gasteiger partial charge in [0.25, 0.3) is 0 Å².